The molecule has 0 aliphatic carbocycles. The molecule has 0 aromatic heterocycles. The molecule has 0 aliphatic rings. The van der Waals surface area contributed by atoms with Crippen LogP contribution in [0, 0.1) is 5.82 Å². The van der Waals surface area contributed by atoms with Crippen LogP contribution in [0.2, 0.25) is 0 Å². The molecule has 0 amide bonds. The summed E-state index contributed by atoms with van der Waals surface area (Å²) in [4.78, 5) is 3.91. The Kier molecular flexibility index (Phi) is 5.26. The van der Waals surface area contributed by atoms with Crippen LogP contribution in [0.4, 0.5) is 4.39 Å². The van der Waals surface area contributed by atoms with Crippen LogP contribution in [0.3, 0.4) is 0 Å². The van der Waals surface area contributed by atoms with Crippen LogP contribution in [0.1, 0.15) is 25.3 Å². The van der Waals surface area contributed by atoms with Crippen LogP contribution in [0.15, 0.2) is 35.5 Å². The van der Waals surface area contributed by atoms with E-state index in [9.17, 15) is 4.39 Å². The third kappa shape index (κ3) is 3.85. The molecule has 1 aromatic carbocycles. The Balaban J connectivity index is 2.66. The van der Waals surface area contributed by atoms with Crippen molar-refractivity contribution in [3.8, 4) is 0 Å². The second-order valence-corrected chi connectivity index (χ2v) is 3.50. The molecule has 0 atom stereocenters. The molecule has 0 aliphatic heterocycles. The van der Waals surface area contributed by atoms with Gasteiger partial charge in [-0.15, -0.1) is 0 Å². The molecule has 0 saturated carbocycles. The van der Waals surface area contributed by atoms with E-state index in [1.807, 2.05) is 6.20 Å². The van der Waals surface area contributed by atoms with Crippen molar-refractivity contribution in [1.82, 2.24) is 5.32 Å². The fourth-order valence-electron chi connectivity index (χ4n) is 1.29. The summed E-state index contributed by atoms with van der Waals surface area (Å²) in [5.74, 6) is -0.244. The van der Waals surface area contributed by atoms with Crippen molar-refractivity contribution >= 4 is 12.4 Å². The van der Waals surface area contributed by atoms with E-state index in [0.717, 1.165) is 30.6 Å². The van der Waals surface area contributed by atoms with E-state index in [4.69, 9.17) is 0 Å². The maximum absolute atomic E-state index is 12.7. The molecule has 1 N–H and O–H groups in total. The summed E-state index contributed by atoms with van der Waals surface area (Å²) in [6.45, 7) is 6.56. The van der Waals surface area contributed by atoms with Gasteiger partial charge in [0.15, 0.2) is 0 Å². The average molecular weight is 220 g/mol. The van der Waals surface area contributed by atoms with Gasteiger partial charge in [0.05, 0.1) is 5.70 Å². The van der Waals surface area contributed by atoms with Crippen molar-refractivity contribution < 1.29 is 4.39 Å². The van der Waals surface area contributed by atoms with Gasteiger partial charge in [-0.2, -0.15) is 0 Å². The quantitative estimate of drug-likeness (QED) is 0.577. The summed E-state index contributed by atoms with van der Waals surface area (Å²) in [6, 6.07) is 6.22. The van der Waals surface area contributed by atoms with Gasteiger partial charge in [0.25, 0.3) is 0 Å². The fraction of sp³-hybridized carbons (Fsp3) is 0.308. The van der Waals surface area contributed by atoms with E-state index in [-0.39, 0.29) is 5.82 Å². The van der Waals surface area contributed by atoms with E-state index in [1.165, 1.54) is 12.1 Å². The second kappa shape index (κ2) is 6.77. The molecule has 16 heavy (non-hydrogen) atoms. The van der Waals surface area contributed by atoms with Crippen molar-refractivity contribution in [2.45, 2.75) is 19.8 Å². The number of halogens is 1. The number of benzene rings is 1. The topological polar surface area (TPSA) is 24.4 Å². The van der Waals surface area contributed by atoms with Crippen molar-refractivity contribution in [3.63, 3.8) is 0 Å². The maximum atomic E-state index is 12.7. The minimum atomic E-state index is -0.244. The Bertz CT molecular complexity index is 355. The first kappa shape index (κ1) is 12.4. The lowest BCUT2D eigenvalue weighted by Gasteiger charge is -2.03. The van der Waals surface area contributed by atoms with Gasteiger partial charge in [0, 0.05) is 18.3 Å². The van der Waals surface area contributed by atoms with Crippen molar-refractivity contribution in [2.75, 3.05) is 6.54 Å². The molecule has 1 rings (SSSR count). The van der Waals surface area contributed by atoms with Crippen molar-refractivity contribution in [2.24, 2.45) is 4.99 Å². The average Bonchev–Trinajstić information content (AvgIpc) is 2.31. The predicted molar refractivity (Wildman–Crippen MR) is 66.8 cm³/mol. The van der Waals surface area contributed by atoms with Gasteiger partial charge in [-0.05, 0) is 37.4 Å². The first-order valence-electron chi connectivity index (χ1n) is 5.44. The zero-order chi connectivity index (χ0) is 11.8. The van der Waals surface area contributed by atoms with Gasteiger partial charge >= 0.3 is 0 Å². The molecule has 0 bridgehead atoms. The van der Waals surface area contributed by atoms with Gasteiger partial charge in [-0.3, -0.25) is 4.99 Å². The van der Waals surface area contributed by atoms with Crippen molar-refractivity contribution in [3.05, 3.63) is 41.8 Å². The highest BCUT2D eigenvalue weighted by molar-refractivity contribution is 5.67. The molecule has 0 radical (unpaired) electrons. The van der Waals surface area contributed by atoms with Crippen LogP contribution in [0.5, 0.6) is 0 Å². The third-order valence-corrected chi connectivity index (χ3v) is 2.22. The van der Waals surface area contributed by atoms with Crippen LogP contribution >= 0.6 is 0 Å². The summed E-state index contributed by atoms with van der Waals surface area (Å²) in [5, 5.41) is 3.16. The number of rotatable bonds is 6. The number of nitrogens with zero attached hydrogens (tertiary/aromatic N) is 1. The van der Waals surface area contributed by atoms with Crippen LogP contribution < -0.4 is 5.32 Å². The lowest BCUT2D eigenvalue weighted by molar-refractivity contribution is 0.627. The minimum Gasteiger partial charge on any atom is -0.389 e. The molecule has 0 spiro atoms. The summed E-state index contributed by atoms with van der Waals surface area (Å²) in [7, 11) is 0. The summed E-state index contributed by atoms with van der Waals surface area (Å²) < 4.78 is 12.7. The molecule has 0 heterocycles. The first-order valence-corrected chi connectivity index (χ1v) is 5.44. The second-order valence-electron chi connectivity index (χ2n) is 3.50. The van der Waals surface area contributed by atoms with Crippen LogP contribution in [-0.2, 0) is 0 Å². The standard InChI is InChI=1S/C13H17FN2/c1-3-4-9-16-10-13(15-2)11-5-7-12(14)8-6-11/h5-8,10,16H,2-4,9H2,1H3/b13-10-. The van der Waals surface area contributed by atoms with E-state index in [0.29, 0.717) is 0 Å². The summed E-state index contributed by atoms with van der Waals surface area (Å²) in [5.41, 5.74) is 1.59. The van der Waals surface area contributed by atoms with Gasteiger partial charge in [0.1, 0.15) is 5.82 Å². The zero-order valence-electron chi connectivity index (χ0n) is 9.54. The Morgan fingerprint density at radius 2 is 2.12 bits per heavy atom. The Morgan fingerprint density at radius 1 is 1.44 bits per heavy atom. The van der Waals surface area contributed by atoms with Gasteiger partial charge in [0.2, 0.25) is 0 Å². The number of hydrogen-bond acceptors (Lipinski definition) is 2. The molecular weight excluding hydrogens is 203 g/mol. The van der Waals surface area contributed by atoms with Gasteiger partial charge in [-0.25, -0.2) is 4.39 Å². The monoisotopic (exact) mass is 220 g/mol. The molecule has 0 unspecified atom stereocenters. The van der Waals surface area contributed by atoms with E-state index in [2.05, 4.69) is 24.0 Å². The lowest BCUT2D eigenvalue weighted by Crippen LogP contribution is -2.07. The highest BCUT2D eigenvalue weighted by atomic mass is 19.1. The number of unbranched alkanes of at least 4 members (excludes halogenated alkanes) is 1. The third-order valence-electron chi connectivity index (χ3n) is 2.22. The van der Waals surface area contributed by atoms with Crippen LogP contribution in [-0.4, -0.2) is 13.3 Å². The molecule has 0 saturated heterocycles. The predicted octanol–water partition coefficient (Wildman–Crippen LogP) is 3.21. The highest BCUT2D eigenvalue weighted by Crippen LogP contribution is 2.14. The highest BCUT2D eigenvalue weighted by Gasteiger charge is 1.98. The molecule has 0 fully saturated rings. The number of hydrogen-bond donors (Lipinski definition) is 1. The zero-order valence-corrected chi connectivity index (χ0v) is 9.54. The largest absolute Gasteiger partial charge is 0.389 e. The fourth-order valence-corrected chi connectivity index (χ4v) is 1.29. The minimum absolute atomic E-state index is 0.244. The maximum Gasteiger partial charge on any atom is 0.123 e. The molecular formula is C13H17FN2. The number of nitrogens with one attached hydrogen (secondary N) is 1. The van der Waals surface area contributed by atoms with E-state index in [1.54, 1.807) is 12.1 Å². The number of aliphatic imine (C=N–C) groups is 1. The molecule has 3 heteroatoms. The Morgan fingerprint density at radius 3 is 2.69 bits per heavy atom. The molecule has 86 valence electrons. The molecule has 1 aromatic rings. The van der Waals surface area contributed by atoms with E-state index >= 15 is 0 Å². The molecule has 2 nitrogen and oxygen atoms in total. The van der Waals surface area contributed by atoms with E-state index < -0.39 is 0 Å². The summed E-state index contributed by atoms with van der Waals surface area (Å²) in [6.07, 6.45) is 4.08. The van der Waals surface area contributed by atoms with Gasteiger partial charge < -0.3 is 5.32 Å². The Hall–Kier alpha value is -1.64. The lowest BCUT2D eigenvalue weighted by atomic mass is 10.2. The van der Waals surface area contributed by atoms with Crippen LogP contribution in [0.25, 0.3) is 5.70 Å². The SMILES string of the molecule is C=N/C(=C\NCCCC)c1ccc(F)cc1. The summed E-state index contributed by atoms with van der Waals surface area (Å²) >= 11 is 0. The first-order chi connectivity index (χ1) is 7.77. The van der Waals surface area contributed by atoms with Gasteiger partial charge in [-0.1, -0.05) is 13.3 Å². The smallest absolute Gasteiger partial charge is 0.123 e. The normalized spacial score (nSPS) is 11.2. The Labute approximate surface area is 95.9 Å². The van der Waals surface area contributed by atoms with Crippen molar-refractivity contribution in [1.29, 1.82) is 0 Å².